The van der Waals surface area contributed by atoms with E-state index >= 15 is 0 Å². The van der Waals surface area contributed by atoms with Crippen LogP contribution in [0.2, 0.25) is 0 Å². The van der Waals surface area contributed by atoms with Crippen LogP contribution in [0.25, 0.3) is 33.2 Å². The van der Waals surface area contributed by atoms with Crippen LogP contribution in [0.5, 0.6) is 17.4 Å². The van der Waals surface area contributed by atoms with E-state index < -0.39 is 0 Å². The van der Waals surface area contributed by atoms with Crippen molar-refractivity contribution in [1.82, 2.24) is 24.5 Å². The second-order valence-electron chi connectivity index (χ2n) is 9.95. The number of aromatic nitrogens is 5. The number of pyridine rings is 1. The minimum atomic E-state index is -0.102. The molecular formula is C29H28N6O4. The van der Waals surface area contributed by atoms with E-state index in [1.165, 1.54) is 0 Å². The third-order valence-electron chi connectivity index (χ3n) is 6.88. The van der Waals surface area contributed by atoms with Crippen LogP contribution in [0.1, 0.15) is 39.3 Å². The zero-order chi connectivity index (χ0) is 26.3. The van der Waals surface area contributed by atoms with Crippen molar-refractivity contribution in [3.63, 3.8) is 0 Å². The van der Waals surface area contributed by atoms with Gasteiger partial charge in [-0.2, -0.15) is 9.97 Å². The minimum absolute atomic E-state index is 0.0666. The number of rotatable bonds is 6. The minimum Gasteiger partial charge on any atom is -0.473 e. The fourth-order valence-electron chi connectivity index (χ4n) is 5.07. The summed E-state index contributed by atoms with van der Waals surface area (Å²) in [6.07, 6.45) is 6.50. The molecule has 1 fully saturated rings. The highest BCUT2D eigenvalue weighted by Crippen LogP contribution is 2.38. The van der Waals surface area contributed by atoms with Gasteiger partial charge < -0.3 is 24.3 Å². The predicted octanol–water partition coefficient (Wildman–Crippen LogP) is 6.00. The maximum Gasteiger partial charge on any atom is 0.247 e. The molecule has 0 radical (unpaired) electrons. The quantitative estimate of drug-likeness (QED) is 0.286. The van der Waals surface area contributed by atoms with Gasteiger partial charge in [-0.05, 0) is 80.6 Å². The maximum absolute atomic E-state index is 6.05. The van der Waals surface area contributed by atoms with E-state index in [0.717, 1.165) is 65.1 Å². The molecule has 0 spiro atoms. The molecule has 0 amide bonds. The molecule has 0 bridgehead atoms. The lowest BCUT2D eigenvalue weighted by atomic mass is 10.0. The van der Waals surface area contributed by atoms with Crippen LogP contribution in [0, 0.1) is 0 Å². The normalized spacial score (nSPS) is 16.7. The van der Waals surface area contributed by atoms with E-state index in [2.05, 4.69) is 26.3 Å². The Morgan fingerprint density at radius 1 is 1.00 bits per heavy atom. The van der Waals surface area contributed by atoms with Gasteiger partial charge in [-0.15, -0.1) is 0 Å². The van der Waals surface area contributed by atoms with Crippen LogP contribution in [-0.2, 0) is 4.74 Å². The van der Waals surface area contributed by atoms with Crippen molar-refractivity contribution in [2.24, 2.45) is 0 Å². The molecule has 2 aliphatic heterocycles. The molecule has 1 saturated heterocycles. The van der Waals surface area contributed by atoms with E-state index in [4.69, 9.17) is 23.9 Å². The molecule has 1 unspecified atom stereocenters. The highest BCUT2D eigenvalue weighted by Gasteiger charge is 2.23. The van der Waals surface area contributed by atoms with Crippen molar-refractivity contribution < 1.29 is 18.9 Å². The summed E-state index contributed by atoms with van der Waals surface area (Å²) in [6, 6.07) is 14.0. The Labute approximate surface area is 224 Å². The van der Waals surface area contributed by atoms with E-state index in [9.17, 15) is 0 Å². The molecule has 5 heterocycles. The van der Waals surface area contributed by atoms with E-state index in [-0.39, 0.29) is 19.1 Å². The molecular weight excluding hydrogens is 496 g/mol. The van der Waals surface area contributed by atoms with Crippen molar-refractivity contribution in [3.05, 3.63) is 55.0 Å². The third-order valence-corrected chi connectivity index (χ3v) is 6.88. The smallest absolute Gasteiger partial charge is 0.247 e. The first kappa shape index (κ1) is 23.7. The molecule has 39 heavy (non-hydrogen) atoms. The molecule has 5 aromatic rings. The van der Waals surface area contributed by atoms with Gasteiger partial charge in [-0.25, -0.2) is 4.98 Å². The number of ether oxygens (including phenoxy) is 4. The summed E-state index contributed by atoms with van der Waals surface area (Å²) in [4.78, 5) is 18.7. The van der Waals surface area contributed by atoms with Crippen LogP contribution >= 0.6 is 0 Å². The molecule has 1 atom stereocenters. The van der Waals surface area contributed by atoms with Crippen molar-refractivity contribution in [2.45, 2.75) is 45.4 Å². The molecule has 3 aromatic heterocycles. The monoisotopic (exact) mass is 524 g/mol. The first-order chi connectivity index (χ1) is 19.1. The molecule has 198 valence electrons. The van der Waals surface area contributed by atoms with Gasteiger partial charge in [0, 0.05) is 23.9 Å². The van der Waals surface area contributed by atoms with Gasteiger partial charge in [0.15, 0.2) is 22.7 Å². The SMILES string of the molecule is CC(C)Oc1nc(Nc2ccc3nccc(-c4ccc5c(c4)OCO5)c3c2)nc2c1ncn2C1CCCCO1. The molecule has 1 N–H and O–H groups in total. The van der Waals surface area contributed by atoms with Crippen molar-refractivity contribution in [2.75, 3.05) is 18.7 Å². The fourth-order valence-corrected chi connectivity index (χ4v) is 5.07. The van der Waals surface area contributed by atoms with Crippen LogP contribution < -0.4 is 19.5 Å². The van der Waals surface area contributed by atoms with Crippen molar-refractivity contribution >= 4 is 33.7 Å². The molecule has 2 aromatic carbocycles. The van der Waals surface area contributed by atoms with E-state index in [1.807, 2.05) is 61.0 Å². The van der Waals surface area contributed by atoms with Gasteiger partial charge in [0.05, 0.1) is 17.9 Å². The lowest BCUT2D eigenvalue weighted by molar-refractivity contribution is -0.0298. The number of fused-ring (bicyclic) bond motifs is 3. The van der Waals surface area contributed by atoms with E-state index in [0.29, 0.717) is 23.0 Å². The second kappa shape index (κ2) is 9.70. The first-order valence-corrected chi connectivity index (χ1v) is 13.2. The van der Waals surface area contributed by atoms with Gasteiger partial charge in [0.25, 0.3) is 0 Å². The predicted molar refractivity (Wildman–Crippen MR) is 147 cm³/mol. The molecule has 10 heteroatoms. The highest BCUT2D eigenvalue weighted by molar-refractivity contribution is 5.97. The Balaban J connectivity index is 1.28. The van der Waals surface area contributed by atoms with Gasteiger partial charge in [0.2, 0.25) is 18.6 Å². The third kappa shape index (κ3) is 4.46. The van der Waals surface area contributed by atoms with Gasteiger partial charge in [-0.1, -0.05) is 6.07 Å². The summed E-state index contributed by atoms with van der Waals surface area (Å²) in [6.45, 7) is 4.90. The standard InChI is InChI=1S/C29H28N6O4/c1-17(2)39-28-26-27(35(15-31-26)25-5-3-4-12-36-25)33-29(34-28)32-19-7-8-22-21(14-19)20(10-11-30-22)18-6-9-23-24(13-18)38-16-37-23/h6-11,13-15,17,25H,3-5,12,16H2,1-2H3,(H,32,33,34). The molecule has 0 saturated carbocycles. The Kier molecular flexibility index (Phi) is 5.89. The Bertz CT molecular complexity index is 1680. The summed E-state index contributed by atoms with van der Waals surface area (Å²) in [5, 5.41) is 4.37. The number of benzene rings is 2. The average molecular weight is 525 g/mol. The summed E-state index contributed by atoms with van der Waals surface area (Å²) >= 11 is 0. The van der Waals surface area contributed by atoms with Crippen molar-refractivity contribution in [3.8, 4) is 28.5 Å². The average Bonchev–Trinajstić information content (AvgIpc) is 3.60. The second-order valence-corrected chi connectivity index (χ2v) is 9.95. The molecule has 2 aliphatic rings. The van der Waals surface area contributed by atoms with Crippen molar-refractivity contribution in [1.29, 1.82) is 0 Å². The van der Waals surface area contributed by atoms with Gasteiger partial charge in [0.1, 0.15) is 6.23 Å². The van der Waals surface area contributed by atoms with Gasteiger partial charge >= 0.3 is 0 Å². The topological polar surface area (TPSA) is 105 Å². The number of hydrogen-bond acceptors (Lipinski definition) is 9. The van der Waals surface area contributed by atoms with Crippen LogP contribution in [0.15, 0.2) is 55.0 Å². The summed E-state index contributed by atoms with van der Waals surface area (Å²) < 4.78 is 25.1. The zero-order valence-corrected chi connectivity index (χ0v) is 21.8. The first-order valence-electron chi connectivity index (χ1n) is 13.2. The number of imidazole rings is 1. The number of nitrogens with one attached hydrogen (secondary N) is 1. The lowest BCUT2D eigenvalue weighted by Gasteiger charge is -2.24. The number of hydrogen-bond donors (Lipinski definition) is 1. The molecule has 0 aliphatic carbocycles. The largest absolute Gasteiger partial charge is 0.473 e. The summed E-state index contributed by atoms with van der Waals surface area (Å²) in [5.41, 5.74) is 5.06. The highest BCUT2D eigenvalue weighted by atomic mass is 16.7. The van der Waals surface area contributed by atoms with Crippen LogP contribution in [-0.4, -0.2) is 44.0 Å². The Morgan fingerprint density at radius 2 is 1.92 bits per heavy atom. The zero-order valence-electron chi connectivity index (χ0n) is 21.8. The Hall–Kier alpha value is -4.44. The van der Waals surface area contributed by atoms with Crippen LogP contribution in [0.4, 0.5) is 11.6 Å². The van der Waals surface area contributed by atoms with Gasteiger partial charge in [-0.3, -0.25) is 9.55 Å². The maximum atomic E-state index is 6.05. The molecule has 7 rings (SSSR count). The lowest BCUT2D eigenvalue weighted by Crippen LogP contribution is -2.18. The fraction of sp³-hybridized carbons (Fsp3) is 0.310. The molecule has 10 nitrogen and oxygen atoms in total. The summed E-state index contributed by atoms with van der Waals surface area (Å²) in [5.74, 6) is 2.35. The van der Waals surface area contributed by atoms with Crippen LogP contribution in [0.3, 0.4) is 0 Å². The summed E-state index contributed by atoms with van der Waals surface area (Å²) in [7, 11) is 0. The Morgan fingerprint density at radius 3 is 2.79 bits per heavy atom. The number of nitrogens with zero attached hydrogens (tertiary/aromatic N) is 5. The number of anilines is 2. The van der Waals surface area contributed by atoms with E-state index in [1.54, 1.807) is 6.33 Å².